The fraction of sp³-hybridized carbons (Fsp3) is 0.391. The third-order valence-corrected chi connectivity index (χ3v) is 8.69. The summed E-state index contributed by atoms with van der Waals surface area (Å²) in [4.78, 5) is 21.5. The number of hydrogen-bond acceptors (Lipinski definition) is 6. The van der Waals surface area contributed by atoms with E-state index in [2.05, 4.69) is 4.98 Å². The van der Waals surface area contributed by atoms with Crippen molar-refractivity contribution in [2.75, 3.05) is 45.2 Å². The number of halogens is 2. The first-order valence-electron chi connectivity index (χ1n) is 10.9. The third kappa shape index (κ3) is 5.12. The normalized spacial score (nSPS) is 17.4. The predicted molar refractivity (Wildman–Crippen MR) is 128 cm³/mol. The van der Waals surface area contributed by atoms with E-state index in [0.717, 1.165) is 17.4 Å². The number of likely N-dealkylation sites (N-methyl/N-ethyl adjacent to an activating group) is 1. The Morgan fingerprint density at radius 2 is 1.91 bits per heavy atom. The topological polar surface area (TPSA) is 73.8 Å². The van der Waals surface area contributed by atoms with Crippen LogP contribution in [-0.2, 0) is 14.8 Å². The molecule has 1 atom stereocenters. The van der Waals surface area contributed by atoms with Gasteiger partial charge in [-0.15, -0.1) is 0 Å². The summed E-state index contributed by atoms with van der Waals surface area (Å²) in [5.41, 5.74) is 0.0148. The van der Waals surface area contributed by atoms with Crippen molar-refractivity contribution in [3.05, 3.63) is 54.1 Å². The molecule has 1 aliphatic heterocycles. The van der Waals surface area contributed by atoms with Crippen molar-refractivity contribution in [2.24, 2.45) is 5.92 Å². The van der Waals surface area contributed by atoms with Crippen molar-refractivity contribution in [1.29, 1.82) is 0 Å². The van der Waals surface area contributed by atoms with E-state index >= 15 is 0 Å². The maximum Gasteiger partial charge on any atom is 0.243 e. The van der Waals surface area contributed by atoms with Crippen LogP contribution < -0.4 is 4.90 Å². The van der Waals surface area contributed by atoms with Gasteiger partial charge >= 0.3 is 0 Å². The van der Waals surface area contributed by atoms with Gasteiger partial charge in [0.1, 0.15) is 11.3 Å². The van der Waals surface area contributed by atoms with Gasteiger partial charge in [-0.3, -0.25) is 9.69 Å². The van der Waals surface area contributed by atoms with Crippen LogP contribution in [0.5, 0.6) is 0 Å². The number of rotatable bonds is 7. The van der Waals surface area contributed by atoms with Crippen molar-refractivity contribution >= 4 is 42.6 Å². The number of carbonyl (C=O) groups is 1. The smallest absolute Gasteiger partial charge is 0.243 e. The lowest BCUT2D eigenvalue weighted by molar-refractivity contribution is -0.123. The van der Waals surface area contributed by atoms with Crippen LogP contribution in [-0.4, -0.2) is 68.8 Å². The molecule has 1 aromatic heterocycles. The summed E-state index contributed by atoms with van der Waals surface area (Å²) in [5.74, 6) is -2.33. The number of anilines is 1. The zero-order chi connectivity index (χ0) is 24.5. The number of amides is 1. The highest BCUT2D eigenvalue weighted by Gasteiger charge is 2.36. The molecular weight excluding hydrogens is 482 g/mol. The van der Waals surface area contributed by atoms with Crippen molar-refractivity contribution in [3.8, 4) is 0 Å². The second-order valence-electron chi connectivity index (χ2n) is 8.54. The Morgan fingerprint density at radius 1 is 1.18 bits per heavy atom. The average Bonchev–Trinajstić information content (AvgIpc) is 3.23. The lowest BCUT2D eigenvalue weighted by Crippen LogP contribution is -2.48. The van der Waals surface area contributed by atoms with Crippen LogP contribution in [0, 0.1) is 17.6 Å². The van der Waals surface area contributed by atoms with E-state index in [-0.39, 0.29) is 34.5 Å². The van der Waals surface area contributed by atoms with Crippen LogP contribution in [0.4, 0.5) is 13.9 Å². The quantitative estimate of drug-likeness (QED) is 0.488. The second kappa shape index (κ2) is 10.0. The standard InChI is InChI=1S/C23H26F2N4O3S2/c1-27(2)11-12-29(23-26-21-19(25)13-17(24)14-20(21)33-23)22(30)16-7-6-10-28(15-16)34(31,32)18-8-4-3-5-9-18/h3-5,8-9,13-14,16H,6-7,10-12,15H2,1-2H3. The lowest BCUT2D eigenvalue weighted by atomic mass is 9.98. The molecule has 0 aliphatic carbocycles. The van der Waals surface area contributed by atoms with Gasteiger partial charge in [-0.25, -0.2) is 22.2 Å². The molecule has 34 heavy (non-hydrogen) atoms. The molecule has 11 heteroatoms. The zero-order valence-electron chi connectivity index (χ0n) is 18.9. The molecule has 0 N–H and O–H groups in total. The number of piperidine rings is 1. The minimum absolute atomic E-state index is 0.0148. The summed E-state index contributed by atoms with van der Waals surface area (Å²) < 4.78 is 55.8. The van der Waals surface area contributed by atoms with Gasteiger partial charge in [-0.05, 0) is 45.1 Å². The van der Waals surface area contributed by atoms with Gasteiger partial charge in [-0.2, -0.15) is 4.31 Å². The Morgan fingerprint density at radius 3 is 2.62 bits per heavy atom. The molecule has 1 saturated heterocycles. The summed E-state index contributed by atoms with van der Waals surface area (Å²) >= 11 is 1.04. The second-order valence-corrected chi connectivity index (χ2v) is 11.5. The SMILES string of the molecule is CN(C)CCN(C(=O)C1CCCN(S(=O)(=O)c2ccccc2)C1)c1nc2c(F)cc(F)cc2s1. The first-order valence-corrected chi connectivity index (χ1v) is 13.2. The first kappa shape index (κ1) is 24.6. The van der Waals surface area contributed by atoms with E-state index in [9.17, 15) is 22.0 Å². The fourth-order valence-electron chi connectivity index (χ4n) is 3.99. The van der Waals surface area contributed by atoms with Gasteiger partial charge in [0.2, 0.25) is 15.9 Å². The van der Waals surface area contributed by atoms with Crippen LogP contribution in [0.15, 0.2) is 47.4 Å². The molecule has 3 aromatic rings. The number of benzene rings is 2. The highest BCUT2D eigenvalue weighted by molar-refractivity contribution is 7.89. The van der Waals surface area contributed by atoms with E-state index in [1.54, 1.807) is 30.3 Å². The number of thiazole rings is 1. The van der Waals surface area contributed by atoms with Gasteiger partial charge in [0.05, 0.1) is 15.5 Å². The number of fused-ring (bicyclic) bond motifs is 1. The molecule has 7 nitrogen and oxygen atoms in total. The lowest BCUT2D eigenvalue weighted by Gasteiger charge is -2.34. The molecule has 1 fully saturated rings. The van der Waals surface area contributed by atoms with E-state index < -0.39 is 27.6 Å². The van der Waals surface area contributed by atoms with Crippen LogP contribution >= 0.6 is 11.3 Å². The average molecular weight is 509 g/mol. The van der Waals surface area contributed by atoms with Gasteiger partial charge < -0.3 is 4.90 Å². The molecule has 0 saturated carbocycles. The van der Waals surface area contributed by atoms with E-state index in [4.69, 9.17) is 0 Å². The fourth-order valence-corrected chi connectivity index (χ4v) is 6.57. The minimum Gasteiger partial charge on any atom is -0.308 e. The Bertz CT molecular complexity index is 1280. The monoisotopic (exact) mass is 508 g/mol. The third-order valence-electron chi connectivity index (χ3n) is 5.78. The summed E-state index contributed by atoms with van der Waals surface area (Å²) in [7, 11) is 0.00647. The Hall–Kier alpha value is -2.47. The van der Waals surface area contributed by atoms with Crippen molar-refractivity contribution < 1.29 is 22.0 Å². The number of carbonyl (C=O) groups excluding carboxylic acids is 1. The maximum atomic E-state index is 14.3. The highest BCUT2D eigenvalue weighted by Crippen LogP contribution is 2.33. The molecule has 0 radical (unpaired) electrons. The molecule has 1 unspecified atom stereocenters. The molecule has 1 amide bonds. The minimum atomic E-state index is -3.73. The summed E-state index contributed by atoms with van der Waals surface area (Å²) in [6.45, 7) is 1.21. The zero-order valence-corrected chi connectivity index (χ0v) is 20.6. The van der Waals surface area contributed by atoms with Crippen LogP contribution in [0.25, 0.3) is 10.2 Å². The first-order chi connectivity index (χ1) is 16.2. The van der Waals surface area contributed by atoms with Gasteiger partial charge in [0, 0.05) is 32.2 Å². The van der Waals surface area contributed by atoms with Gasteiger partial charge in [0.15, 0.2) is 10.9 Å². The van der Waals surface area contributed by atoms with Crippen LogP contribution in [0.2, 0.25) is 0 Å². The largest absolute Gasteiger partial charge is 0.308 e. The Balaban J connectivity index is 1.62. The summed E-state index contributed by atoms with van der Waals surface area (Å²) in [6.07, 6.45) is 1.08. The van der Waals surface area contributed by atoms with Crippen LogP contribution in [0.1, 0.15) is 12.8 Å². The van der Waals surface area contributed by atoms with E-state index in [0.29, 0.717) is 30.6 Å². The van der Waals surface area contributed by atoms with E-state index in [1.807, 2.05) is 19.0 Å². The summed E-state index contributed by atoms with van der Waals surface area (Å²) in [5, 5.41) is 0.273. The Labute approximate surface area is 201 Å². The molecule has 2 aromatic carbocycles. The number of aromatic nitrogens is 1. The van der Waals surface area contributed by atoms with Crippen molar-refractivity contribution in [3.63, 3.8) is 0 Å². The molecule has 0 spiro atoms. The molecule has 182 valence electrons. The number of nitrogens with zero attached hydrogens (tertiary/aromatic N) is 4. The van der Waals surface area contributed by atoms with Crippen LogP contribution in [0.3, 0.4) is 0 Å². The van der Waals surface area contributed by atoms with E-state index in [1.165, 1.54) is 15.3 Å². The molecule has 1 aliphatic rings. The number of sulfonamides is 1. The van der Waals surface area contributed by atoms with Gasteiger partial charge in [0.25, 0.3) is 0 Å². The Kier molecular flexibility index (Phi) is 7.27. The maximum absolute atomic E-state index is 14.3. The molecule has 2 heterocycles. The van der Waals surface area contributed by atoms with Crippen molar-refractivity contribution in [2.45, 2.75) is 17.7 Å². The molecule has 0 bridgehead atoms. The van der Waals surface area contributed by atoms with Crippen molar-refractivity contribution in [1.82, 2.24) is 14.2 Å². The predicted octanol–water partition coefficient (Wildman–Crippen LogP) is 3.57. The highest BCUT2D eigenvalue weighted by atomic mass is 32.2. The number of hydrogen-bond donors (Lipinski definition) is 0. The molecule has 4 rings (SSSR count). The molecular formula is C23H26F2N4O3S2. The summed E-state index contributed by atoms with van der Waals surface area (Å²) in [6, 6.07) is 10.1. The van der Waals surface area contributed by atoms with Gasteiger partial charge in [-0.1, -0.05) is 29.5 Å².